The number of thiazole rings is 1. The third-order valence-electron chi connectivity index (χ3n) is 5.14. The summed E-state index contributed by atoms with van der Waals surface area (Å²) in [6, 6.07) is 11.4. The number of amides is 1. The van der Waals surface area contributed by atoms with Crippen LogP contribution in [0.2, 0.25) is 5.02 Å². The first kappa shape index (κ1) is 27.3. The van der Waals surface area contributed by atoms with E-state index in [1.165, 1.54) is 40.5 Å². The summed E-state index contributed by atoms with van der Waals surface area (Å²) in [6.07, 6.45) is 0. The molecular formula is C22H27Cl2N3O4S2. The molecule has 0 saturated carbocycles. The molecule has 0 saturated heterocycles. The van der Waals surface area contributed by atoms with Crippen molar-refractivity contribution in [1.82, 2.24) is 9.88 Å². The Morgan fingerprint density at radius 2 is 1.76 bits per heavy atom. The molecule has 1 amide bonds. The number of benzene rings is 2. The highest BCUT2D eigenvalue weighted by atomic mass is 35.5. The Balaban J connectivity index is 0.00000385. The monoisotopic (exact) mass is 531 g/mol. The van der Waals surface area contributed by atoms with Crippen molar-refractivity contribution in [2.75, 3.05) is 43.9 Å². The van der Waals surface area contributed by atoms with Crippen LogP contribution in [0, 0.1) is 0 Å². The lowest BCUT2D eigenvalue weighted by atomic mass is 10.3. The number of anilines is 1. The van der Waals surface area contributed by atoms with Gasteiger partial charge in [0.05, 0.1) is 16.7 Å². The van der Waals surface area contributed by atoms with E-state index in [2.05, 4.69) is 9.88 Å². The van der Waals surface area contributed by atoms with Gasteiger partial charge in [-0.2, -0.15) is 0 Å². The van der Waals surface area contributed by atoms with Gasteiger partial charge in [-0.05, 0) is 49.5 Å². The second kappa shape index (κ2) is 12.0. The summed E-state index contributed by atoms with van der Waals surface area (Å²) >= 11 is 7.20. The average molecular weight is 533 g/mol. The van der Waals surface area contributed by atoms with Crippen molar-refractivity contribution in [2.45, 2.75) is 18.7 Å². The normalized spacial score (nSPS) is 11.4. The highest BCUT2D eigenvalue weighted by Gasteiger charge is 2.27. The molecule has 0 fully saturated rings. The largest absolute Gasteiger partial charge is 0.494 e. The number of halogens is 2. The summed E-state index contributed by atoms with van der Waals surface area (Å²) in [4.78, 5) is 21.6. The highest BCUT2D eigenvalue weighted by molar-refractivity contribution is 7.92. The van der Waals surface area contributed by atoms with E-state index in [1.807, 2.05) is 26.0 Å². The number of ether oxygens (including phenoxy) is 1. The van der Waals surface area contributed by atoms with Crippen molar-refractivity contribution >= 4 is 66.4 Å². The summed E-state index contributed by atoms with van der Waals surface area (Å²) in [5.74, 6) is -0.569. The topological polar surface area (TPSA) is 79.8 Å². The van der Waals surface area contributed by atoms with Gasteiger partial charge in [-0.15, -0.1) is 12.4 Å². The minimum Gasteiger partial charge on any atom is -0.494 e. The lowest BCUT2D eigenvalue weighted by molar-refractivity contribution is -0.116. The van der Waals surface area contributed by atoms with E-state index in [0.717, 1.165) is 17.8 Å². The van der Waals surface area contributed by atoms with E-state index >= 15 is 0 Å². The fourth-order valence-electron chi connectivity index (χ4n) is 3.27. The van der Waals surface area contributed by atoms with Gasteiger partial charge >= 0.3 is 0 Å². The van der Waals surface area contributed by atoms with Crippen LogP contribution >= 0.6 is 35.3 Å². The molecule has 2 aromatic carbocycles. The molecular weight excluding hydrogens is 505 g/mol. The smallest absolute Gasteiger partial charge is 0.244 e. The molecule has 0 spiro atoms. The molecule has 33 heavy (non-hydrogen) atoms. The molecule has 180 valence electrons. The van der Waals surface area contributed by atoms with Gasteiger partial charge in [0.25, 0.3) is 0 Å². The van der Waals surface area contributed by atoms with Gasteiger partial charge in [-0.25, -0.2) is 13.4 Å². The molecule has 0 N–H and O–H groups in total. The Morgan fingerprint density at radius 1 is 1.09 bits per heavy atom. The predicted molar refractivity (Wildman–Crippen MR) is 137 cm³/mol. The molecule has 7 nitrogen and oxygen atoms in total. The van der Waals surface area contributed by atoms with Crippen LogP contribution in [0.15, 0.2) is 47.4 Å². The molecule has 3 rings (SSSR count). The van der Waals surface area contributed by atoms with Crippen molar-refractivity contribution in [2.24, 2.45) is 0 Å². The Hall–Kier alpha value is -1.91. The van der Waals surface area contributed by atoms with Gasteiger partial charge in [-0.1, -0.05) is 42.9 Å². The lowest BCUT2D eigenvalue weighted by Gasteiger charge is -2.24. The van der Waals surface area contributed by atoms with Gasteiger partial charge < -0.3 is 9.64 Å². The molecule has 0 aliphatic carbocycles. The molecule has 11 heteroatoms. The number of sulfone groups is 1. The van der Waals surface area contributed by atoms with Crippen LogP contribution in [0.5, 0.6) is 5.75 Å². The van der Waals surface area contributed by atoms with E-state index in [9.17, 15) is 13.2 Å². The maximum Gasteiger partial charge on any atom is 0.244 e. The number of methoxy groups -OCH3 is 1. The van der Waals surface area contributed by atoms with Crippen LogP contribution in [0.4, 0.5) is 5.13 Å². The van der Waals surface area contributed by atoms with Gasteiger partial charge in [0.1, 0.15) is 17.0 Å². The molecule has 3 aromatic rings. The summed E-state index contributed by atoms with van der Waals surface area (Å²) in [5, 5.41) is 0.882. The van der Waals surface area contributed by atoms with E-state index in [4.69, 9.17) is 16.3 Å². The highest BCUT2D eigenvalue weighted by Crippen LogP contribution is 2.34. The standard InChI is InChI=1S/C22H26ClN3O4S2.ClH/c1-4-25(5-2)13-14-26(22-24-21-18(30-3)7-6-8-19(21)31-22)20(27)15-32(28,29)17-11-9-16(23)10-12-17;/h6-12H,4-5,13-15H2,1-3H3;1H. The predicted octanol–water partition coefficient (Wildman–Crippen LogP) is 4.53. The van der Waals surface area contributed by atoms with E-state index in [0.29, 0.717) is 34.5 Å². The minimum atomic E-state index is -3.83. The number of likely N-dealkylation sites (N-methyl/N-ethyl adjacent to an activating group) is 1. The minimum absolute atomic E-state index is 0. The molecule has 0 aliphatic heterocycles. The molecule has 1 heterocycles. The maximum atomic E-state index is 13.3. The zero-order valence-electron chi connectivity index (χ0n) is 18.7. The second-order valence-corrected chi connectivity index (χ2v) is 10.5. The van der Waals surface area contributed by atoms with Crippen LogP contribution in [-0.2, 0) is 14.6 Å². The Kier molecular flexibility index (Phi) is 9.93. The Labute approximate surface area is 209 Å². The quantitative estimate of drug-likeness (QED) is 0.382. The van der Waals surface area contributed by atoms with Crippen LogP contribution in [0.3, 0.4) is 0 Å². The maximum absolute atomic E-state index is 13.3. The number of hydrogen-bond acceptors (Lipinski definition) is 7. The summed E-state index contributed by atoms with van der Waals surface area (Å²) in [6.45, 7) is 6.68. The number of hydrogen-bond donors (Lipinski definition) is 0. The molecule has 1 aromatic heterocycles. The number of rotatable bonds is 10. The molecule has 0 radical (unpaired) electrons. The molecule has 0 bridgehead atoms. The first-order chi connectivity index (χ1) is 15.3. The van der Waals surface area contributed by atoms with Crippen molar-refractivity contribution in [3.63, 3.8) is 0 Å². The first-order valence-corrected chi connectivity index (χ1v) is 13.1. The number of carbonyl (C=O) groups is 1. The molecule has 0 unspecified atom stereocenters. The Bertz CT molecular complexity index is 1180. The average Bonchev–Trinajstić information content (AvgIpc) is 3.20. The number of fused-ring (bicyclic) bond motifs is 1. The fourth-order valence-corrected chi connectivity index (χ4v) is 5.62. The summed E-state index contributed by atoms with van der Waals surface area (Å²) < 4.78 is 32.0. The first-order valence-electron chi connectivity index (χ1n) is 10.2. The Morgan fingerprint density at radius 3 is 2.36 bits per heavy atom. The SMILES string of the molecule is CCN(CC)CCN(C(=O)CS(=O)(=O)c1ccc(Cl)cc1)c1nc2c(OC)cccc2s1.Cl. The molecule has 0 atom stereocenters. The van der Waals surface area contributed by atoms with E-state index < -0.39 is 21.5 Å². The van der Waals surface area contributed by atoms with Crippen LogP contribution in [-0.4, -0.2) is 63.3 Å². The van der Waals surface area contributed by atoms with Crippen LogP contribution in [0.1, 0.15) is 13.8 Å². The van der Waals surface area contributed by atoms with Crippen LogP contribution in [0.25, 0.3) is 10.2 Å². The second-order valence-electron chi connectivity index (χ2n) is 7.09. The van der Waals surface area contributed by atoms with Gasteiger partial charge in [0.15, 0.2) is 15.0 Å². The zero-order valence-corrected chi connectivity index (χ0v) is 21.9. The van der Waals surface area contributed by atoms with E-state index in [-0.39, 0.29) is 17.3 Å². The fraction of sp³-hybridized carbons (Fsp3) is 0.364. The number of nitrogens with zero attached hydrogens (tertiary/aromatic N) is 3. The van der Waals surface area contributed by atoms with Crippen molar-refractivity contribution in [1.29, 1.82) is 0 Å². The van der Waals surface area contributed by atoms with Crippen molar-refractivity contribution in [3.05, 3.63) is 47.5 Å². The van der Waals surface area contributed by atoms with Gasteiger partial charge in [-0.3, -0.25) is 9.69 Å². The van der Waals surface area contributed by atoms with E-state index in [1.54, 1.807) is 13.2 Å². The third kappa shape index (κ3) is 6.58. The third-order valence-corrected chi connectivity index (χ3v) is 8.06. The van der Waals surface area contributed by atoms with Gasteiger partial charge in [0.2, 0.25) is 5.91 Å². The van der Waals surface area contributed by atoms with Gasteiger partial charge in [0, 0.05) is 18.1 Å². The van der Waals surface area contributed by atoms with Crippen LogP contribution < -0.4 is 9.64 Å². The van der Waals surface area contributed by atoms with Crippen molar-refractivity contribution < 1.29 is 17.9 Å². The molecule has 0 aliphatic rings. The summed E-state index contributed by atoms with van der Waals surface area (Å²) in [5.41, 5.74) is 0.649. The zero-order chi connectivity index (χ0) is 23.3. The lowest BCUT2D eigenvalue weighted by Crippen LogP contribution is -2.41. The number of para-hydroxylation sites is 1. The van der Waals surface area contributed by atoms with Crippen molar-refractivity contribution in [3.8, 4) is 5.75 Å². The number of carbonyl (C=O) groups excluding carboxylic acids is 1. The number of aromatic nitrogens is 1. The summed E-state index contributed by atoms with van der Waals surface area (Å²) in [7, 11) is -2.27.